The summed E-state index contributed by atoms with van der Waals surface area (Å²) >= 11 is 0. The normalized spacial score (nSPS) is 18.0. The molecule has 0 bridgehead atoms. The number of halogens is 2. The molecule has 1 aromatic heterocycles. The third kappa shape index (κ3) is 5.02. The molecule has 214 valence electrons. The number of benzene rings is 3. The van der Waals surface area contributed by atoms with Crippen molar-refractivity contribution in [3.05, 3.63) is 83.3 Å². The van der Waals surface area contributed by atoms with Crippen molar-refractivity contribution in [3.8, 4) is 11.1 Å². The van der Waals surface area contributed by atoms with E-state index < -0.39 is 29.7 Å². The SMILES string of the molecule is CC(=O)c1nn(CC(=O)N2C[C@H](F)C[C@H]2C(=O)Cc2cccc(-c3ccc4c(c3)NC(=O)NC4)c2F)c2ccccc12. The Kier molecular flexibility index (Phi) is 7.01. The number of anilines is 1. The lowest BCUT2D eigenvalue weighted by Gasteiger charge is -2.24. The number of nitrogens with zero attached hydrogens (tertiary/aromatic N) is 3. The van der Waals surface area contributed by atoms with Crippen LogP contribution in [0.2, 0.25) is 0 Å². The van der Waals surface area contributed by atoms with Crippen LogP contribution in [0.3, 0.4) is 0 Å². The summed E-state index contributed by atoms with van der Waals surface area (Å²) in [6.45, 7) is 1.21. The van der Waals surface area contributed by atoms with Gasteiger partial charge in [0.05, 0.1) is 18.1 Å². The zero-order valence-electron chi connectivity index (χ0n) is 22.7. The summed E-state index contributed by atoms with van der Waals surface area (Å²) in [5.41, 5.74) is 3.14. The van der Waals surface area contributed by atoms with E-state index in [1.165, 1.54) is 22.6 Å². The van der Waals surface area contributed by atoms with Crippen LogP contribution in [0, 0.1) is 5.82 Å². The van der Waals surface area contributed by atoms with Crippen molar-refractivity contribution in [2.75, 3.05) is 11.9 Å². The number of amides is 3. The van der Waals surface area contributed by atoms with Crippen LogP contribution in [-0.2, 0) is 29.1 Å². The maximum absolute atomic E-state index is 15.7. The maximum atomic E-state index is 15.7. The molecule has 42 heavy (non-hydrogen) atoms. The number of rotatable bonds is 7. The Bertz CT molecular complexity index is 1770. The van der Waals surface area contributed by atoms with Crippen LogP contribution in [0.15, 0.2) is 60.7 Å². The largest absolute Gasteiger partial charge is 0.334 e. The number of ketones is 2. The smallest absolute Gasteiger partial charge is 0.319 e. The van der Waals surface area contributed by atoms with Gasteiger partial charge in [0.25, 0.3) is 0 Å². The molecule has 0 aliphatic carbocycles. The highest BCUT2D eigenvalue weighted by atomic mass is 19.1. The van der Waals surface area contributed by atoms with Crippen LogP contribution in [0.1, 0.15) is 35.0 Å². The highest BCUT2D eigenvalue weighted by Crippen LogP contribution is 2.31. The van der Waals surface area contributed by atoms with Crippen molar-refractivity contribution < 1.29 is 28.0 Å². The quantitative estimate of drug-likeness (QED) is 0.319. The first-order chi connectivity index (χ1) is 20.2. The van der Waals surface area contributed by atoms with E-state index in [4.69, 9.17) is 0 Å². The Balaban J connectivity index is 1.22. The number of carbonyl (C=O) groups excluding carboxylic acids is 4. The average Bonchev–Trinajstić information content (AvgIpc) is 3.55. The topological polar surface area (TPSA) is 113 Å². The molecule has 1 fully saturated rings. The molecule has 0 spiro atoms. The van der Waals surface area contributed by atoms with E-state index in [1.54, 1.807) is 54.6 Å². The fourth-order valence-electron chi connectivity index (χ4n) is 5.69. The molecule has 3 aromatic carbocycles. The Morgan fingerprint density at radius 1 is 1.07 bits per heavy atom. The number of para-hydroxylation sites is 1. The highest BCUT2D eigenvalue weighted by molar-refractivity contribution is 6.05. The number of Topliss-reactive ketones (excluding diaryl/α,β-unsaturated/α-hetero) is 2. The minimum absolute atomic E-state index is 0.125. The second-order valence-corrected chi connectivity index (χ2v) is 10.6. The average molecular weight is 572 g/mol. The minimum Gasteiger partial charge on any atom is -0.334 e. The molecule has 2 aliphatic heterocycles. The molecule has 0 radical (unpaired) electrons. The Morgan fingerprint density at radius 2 is 1.88 bits per heavy atom. The number of aromatic nitrogens is 2. The van der Waals surface area contributed by atoms with Gasteiger partial charge in [-0.1, -0.05) is 48.5 Å². The Morgan fingerprint density at radius 3 is 2.69 bits per heavy atom. The van der Waals surface area contributed by atoms with Crippen molar-refractivity contribution in [1.82, 2.24) is 20.0 Å². The molecule has 11 heteroatoms. The third-order valence-electron chi connectivity index (χ3n) is 7.77. The van der Waals surface area contributed by atoms with Gasteiger partial charge >= 0.3 is 6.03 Å². The van der Waals surface area contributed by atoms with Crippen molar-refractivity contribution in [1.29, 1.82) is 0 Å². The summed E-state index contributed by atoms with van der Waals surface area (Å²) in [5, 5.41) is 10.3. The molecule has 3 heterocycles. The van der Waals surface area contributed by atoms with Crippen LogP contribution in [0.25, 0.3) is 22.0 Å². The molecule has 0 saturated carbocycles. The van der Waals surface area contributed by atoms with E-state index in [0.29, 0.717) is 28.7 Å². The number of likely N-dealkylation sites (tertiary alicyclic amines) is 1. The van der Waals surface area contributed by atoms with Crippen LogP contribution < -0.4 is 10.6 Å². The van der Waals surface area contributed by atoms with Crippen LogP contribution in [0.4, 0.5) is 19.3 Å². The first-order valence-electron chi connectivity index (χ1n) is 13.6. The number of nitrogens with one attached hydrogen (secondary N) is 2. The van der Waals surface area contributed by atoms with Crippen LogP contribution >= 0.6 is 0 Å². The van der Waals surface area contributed by atoms with Gasteiger partial charge in [-0.25, -0.2) is 13.6 Å². The first-order valence-corrected chi connectivity index (χ1v) is 13.6. The number of carbonyl (C=O) groups is 4. The summed E-state index contributed by atoms with van der Waals surface area (Å²) < 4.78 is 31.7. The molecule has 9 nitrogen and oxygen atoms in total. The molecule has 2 N–H and O–H groups in total. The van der Waals surface area contributed by atoms with Gasteiger partial charge in [-0.3, -0.25) is 19.1 Å². The van der Waals surface area contributed by atoms with Crippen molar-refractivity contribution in [3.63, 3.8) is 0 Å². The third-order valence-corrected chi connectivity index (χ3v) is 7.77. The number of urea groups is 1. The predicted molar refractivity (Wildman–Crippen MR) is 151 cm³/mol. The van der Waals surface area contributed by atoms with E-state index in [2.05, 4.69) is 15.7 Å². The monoisotopic (exact) mass is 571 g/mol. The Hall–Kier alpha value is -4.93. The summed E-state index contributed by atoms with van der Waals surface area (Å²) in [6, 6.07) is 15.5. The standard InChI is InChI=1S/C31H27F2N5O4/c1-17(39)30-23-6-2-3-8-25(23)38(36-30)16-28(41)37-15-21(32)13-26(37)27(40)12-19-5-4-7-22(29(19)33)18-9-10-20-14-34-31(42)35-24(20)11-18/h2-11,21,26H,12-16H2,1H3,(H2,34,35,42)/t21-,26+/m1/s1. The molecule has 6 rings (SSSR count). The van der Waals surface area contributed by atoms with Crippen LogP contribution in [0.5, 0.6) is 0 Å². The van der Waals surface area contributed by atoms with Gasteiger partial charge in [0.1, 0.15) is 24.2 Å². The first kappa shape index (κ1) is 27.3. The predicted octanol–water partition coefficient (Wildman–Crippen LogP) is 4.43. The van der Waals surface area contributed by atoms with Gasteiger partial charge in [-0.05, 0) is 28.8 Å². The Labute approximate surface area is 239 Å². The van der Waals surface area contributed by atoms with Gasteiger partial charge in [-0.2, -0.15) is 5.10 Å². The van der Waals surface area contributed by atoms with Gasteiger partial charge in [0, 0.05) is 42.9 Å². The highest BCUT2D eigenvalue weighted by Gasteiger charge is 2.40. The van der Waals surface area contributed by atoms with E-state index in [-0.39, 0.29) is 54.6 Å². The fourth-order valence-corrected chi connectivity index (χ4v) is 5.69. The molecule has 4 aromatic rings. The molecular weight excluding hydrogens is 544 g/mol. The fraction of sp³-hybridized carbons (Fsp3) is 0.258. The second kappa shape index (κ2) is 10.8. The molecule has 2 aliphatic rings. The van der Waals surface area contributed by atoms with E-state index in [1.807, 2.05) is 0 Å². The second-order valence-electron chi connectivity index (χ2n) is 10.6. The number of alkyl halides is 1. The maximum Gasteiger partial charge on any atom is 0.319 e. The van der Waals surface area contributed by atoms with Gasteiger partial charge in [0.15, 0.2) is 11.6 Å². The summed E-state index contributed by atoms with van der Waals surface area (Å²) in [6.07, 6.45) is -1.91. The molecule has 0 unspecified atom stereocenters. The lowest BCUT2D eigenvalue weighted by atomic mass is 9.95. The minimum atomic E-state index is -1.40. The lowest BCUT2D eigenvalue weighted by Crippen LogP contribution is -2.43. The summed E-state index contributed by atoms with van der Waals surface area (Å²) in [7, 11) is 0. The lowest BCUT2D eigenvalue weighted by molar-refractivity contribution is -0.138. The summed E-state index contributed by atoms with van der Waals surface area (Å²) in [4.78, 5) is 51.8. The molecular formula is C31H27F2N5O4. The van der Waals surface area contributed by atoms with E-state index in [9.17, 15) is 23.6 Å². The van der Waals surface area contributed by atoms with Crippen molar-refractivity contribution in [2.24, 2.45) is 0 Å². The van der Waals surface area contributed by atoms with Gasteiger partial charge < -0.3 is 15.5 Å². The number of hydrogen-bond acceptors (Lipinski definition) is 5. The van der Waals surface area contributed by atoms with Crippen molar-refractivity contribution >= 4 is 40.1 Å². The summed E-state index contributed by atoms with van der Waals surface area (Å²) in [5.74, 6) is -1.84. The van der Waals surface area contributed by atoms with Crippen LogP contribution in [-0.4, -0.2) is 56.9 Å². The van der Waals surface area contributed by atoms with E-state index in [0.717, 1.165) is 5.56 Å². The number of fused-ring (bicyclic) bond motifs is 2. The zero-order valence-corrected chi connectivity index (χ0v) is 22.7. The molecule has 3 amide bonds. The van der Waals surface area contributed by atoms with Crippen molar-refractivity contribution in [2.45, 2.75) is 45.1 Å². The number of hydrogen-bond donors (Lipinski definition) is 2. The zero-order chi connectivity index (χ0) is 29.5. The molecule has 1 saturated heterocycles. The van der Waals surface area contributed by atoms with Gasteiger partial charge in [-0.15, -0.1) is 0 Å². The van der Waals surface area contributed by atoms with E-state index >= 15 is 4.39 Å². The molecule has 2 atom stereocenters. The van der Waals surface area contributed by atoms with Gasteiger partial charge in [0.2, 0.25) is 5.91 Å².